The van der Waals surface area contributed by atoms with E-state index in [2.05, 4.69) is 0 Å². The van der Waals surface area contributed by atoms with E-state index in [4.69, 9.17) is 11.6 Å². The highest BCUT2D eigenvalue weighted by Gasteiger charge is 2.44. The Labute approximate surface area is 145 Å². The molecule has 0 bridgehead atoms. The van der Waals surface area contributed by atoms with Crippen molar-refractivity contribution < 1.29 is 9.59 Å². The van der Waals surface area contributed by atoms with Gasteiger partial charge in [-0.25, -0.2) is 0 Å². The van der Waals surface area contributed by atoms with Gasteiger partial charge in [0, 0.05) is 5.02 Å². The molecule has 0 aliphatic heterocycles. The highest BCUT2D eigenvalue weighted by Crippen LogP contribution is 2.42. The van der Waals surface area contributed by atoms with E-state index in [9.17, 15) is 9.59 Å². The first-order valence-corrected chi connectivity index (χ1v) is 7.94. The zero-order chi connectivity index (χ0) is 17.0. The Balaban J connectivity index is 2.45. The van der Waals surface area contributed by atoms with Crippen LogP contribution in [0.5, 0.6) is 0 Å². The van der Waals surface area contributed by atoms with Gasteiger partial charge in [-0.1, -0.05) is 90.5 Å². The molecule has 0 heterocycles. The maximum atomic E-state index is 13.0. The number of benzene rings is 3. The van der Waals surface area contributed by atoms with Gasteiger partial charge in [0.15, 0.2) is 6.29 Å². The Morgan fingerprint density at radius 2 is 1.21 bits per heavy atom. The number of carbonyl (C=O) groups excluding carboxylic acids is 2. The van der Waals surface area contributed by atoms with Crippen LogP contribution in [0.3, 0.4) is 0 Å². The minimum Gasteiger partial charge on any atom is -0.295 e. The van der Waals surface area contributed by atoms with Crippen LogP contribution in [0, 0.1) is 0 Å². The third-order valence-corrected chi connectivity index (χ3v) is 4.50. The van der Waals surface area contributed by atoms with Gasteiger partial charge < -0.3 is 0 Å². The average Bonchev–Trinajstić information content (AvgIpc) is 2.65. The molecule has 0 atom stereocenters. The molecule has 0 amide bonds. The first-order valence-electron chi connectivity index (χ1n) is 7.57. The minimum absolute atomic E-state index is 0.378. The molecular formula is C21H15ClO2. The Morgan fingerprint density at radius 1 is 0.750 bits per heavy atom. The summed E-state index contributed by atoms with van der Waals surface area (Å²) in [6.07, 6.45) is 0.378. The first kappa shape index (κ1) is 16.2. The van der Waals surface area contributed by atoms with E-state index in [-0.39, 0.29) is 0 Å². The van der Waals surface area contributed by atoms with Crippen LogP contribution in [0.4, 0.5) is 0 Å². The summed E-state index contributed by atoms with van der Waals surface area (Å²) >= 11 is 6.44. The lowest BCUT2D eigenvalue weighted by Crippen LogP contribution is -2.39. The van der Waals surface area contributed by atoms with Gasteiger partial charge in [0.1, 0.15) is 5.41 Å². The van der Waals surface area contributed by atoms with Crippen LogP contribution in [-0.2, 0) is 15.0 Å². The van der Waals surface area contributed by atoms with Gasteiger partial charge in [-0.15, -0.1) is 0 Å². The van der Waals surface area contributed by atoms with Crippen molar-refractivity contribution in [2.24, 2.45) is 0 Å². The number of hydrogen-bond acceptors (Lipinski definition) is 2. The van der Waals surface area contributed by atoms with Crippen molar-refractivity contribution in [1.82, 2.24) is 0 Å². The summed E-state index contributed by atoms with van der Waals surface area (Å²) in [6, 6.07) is 25.7. The molecule has 0 aliphatic carbocycles. The quantitative estimate of drug-likeness (QED) is 0.392. The fourth-order valence-corrected chi connectivity index (χ4v) is 3.40. The van der Waals surface area contributed by atoms with Gasteiger partial charge in [-0.2, -0.15) is 0 Å². The Morgan fingerprint density at radius 3 is 1.67 bits per heavy atom. The molecule has 0 saturated carbocycles. The fraction of sp³-hybridized carbons (Fsp3) is 0.0476. The van der Waals surface area contributed by atoms with Crippen LogP contribution in [0.15, 0.2) is 84.9 Å². The van der Waals surface area contributed by atoms with E-state index in [1.807, 2.05) is 66.7 Å². The predicted molar refractivity (Wildman–Crippen MR) is 95.3 cm³/mol. The topological polar surface area (TPSA) is 34.1 Å². The monoisotopic (exact) mass is 334 g/mol. The molecule has 118 valence electrons. The van der Waals surface area contributed by atoms with Crippen molar-refractivity contribution in [1.29, 1.82) is 0 Å². The van der Waals surface area contributed by atoms with Crippen molar-refractivity contribution >= 4 is 23.7 Å². The molecule has 0 spiro atoms. The smallest absolute Gasteiger partial charge is 0.214 e. The van der Waals surface area contributed by atoms with E-state index in [1.165, 1.54) is 0 Å². The standard InChI is InChI=1S/C21H15ClO2/c22-19-14-8-7-13-18(19)21(20(24)15-23,16-9-3-1-4-10-16)17-11-5-2-6-12-17/h1-15H. The Kier molecular flexibility index (Phi) is 4.59. The molecule has 24 heavy (non-hydrogen) atoms. The third-order valence-electron chi connectivity index (χ3n) is 4.17. The highest BCUT2D eigenvalue weighted by molar-refractivity contribution is 6.35. The van der Waals surface area contributed by atoms with Gasteiger partial charge in [0.05, 0.1) is 0 Å². The zero-order valence-electron chi connectivity index (χ0n) is 12.9. The second kappa shape index (κ2) is 6.81. The normalized spacial score (nSPS) is 11.0. The molecule has 3 rings (SSSR count). The van der Waals surface area contributed by atoms with Crippen LogP contribution >= 0.6 is 11.6 Å². The van der Waals surface area contributed by atoms with Gasteiger partial charge in [0.25, 0.3) is 0 Å². The average molecular weight is 335 g/mol. The second-order valence-corrected chi connectivity index (χ2v) is 5.85. The molecule has 0 saturated heterocycles. The number of carbonyl (C=O) groups is 2. The van der Waals surface area contributed by atoms with Crippen LogP contribution in [0.25, 0.3) is 0 Å². The molecule has 0 unspecified atom stereocenters. The largest absolute Gasteiger partial charge is 0.295 e. The van der Waals surface area contributed by atoms with E-state index >= 15 is 0 Å². The van der Waals surface area contributed by atoms with Crippen molar-refractivity contribution in [2.45, 2.75) is 5.41 Å². The molecule has 0 N–H and O–H groups in total. The van der Waals surface area contributed by atoms with Crippen molar-refractivity contribution in [3.63, 3.8) is 0 Å². The van der Waals surface area contributed by atoms with Crippen molar-refractivity contribution in [3.8, 4) is 0 Å². The van der Waals surface area contributed by atoms with Crippen LogP contribution < -0.4 is 0 Å². The summed E-state index contributed by atoms with van der Waals surface area (Å²) in [5.41, 5.74) is 0.756. The van der Waals surface area contributed by atoms with E-state index in [0.717, 1.165) is 0 Å². The molecule has 0 aromatic heterocycles. The van der Waals surface area contributed by atoms with Gasteiger partial charge in [0.2, 0.25) is 5.78 Å². The molecule has 3 aromatic carbocycles. The lowest BCUT2D eigenvalue weighted by Gasteiger charge is -2.33. The summed E-state index contributed by atoms with van der Waals surface area (Å²) in [7, 11) is 0. The maximum Gasteiger partial charge on any atom is 0.214 e. The minimum atomic E-state index is -1.26. The van der Waals surface area contributed by atoms with Gasteiger partial charge in [-0.3, -0.25) is 9.59 Å². The fourth-order valence-electron chi connectivity index (χ4n) is 3.12. The van der Waals surface area contributed by atoms with Crippen LogP contribution in [0.1, 0.15) is 16.7 Å². The van der Waals surface area contributed by atoms with Crippen molar-refractivity contribution in [2.75, 3.05) is 0 Å². The second-order valence-electron chi connectivity index (χ2n) is 5.44. The third kappa shape index (κ3) is 2.55. The summed E-state index contributed by atoms with van der Waals surface area (Å²) in [5, 5.41) is 0.445. The Hall–Kier alpha value is -2.71. The molecule has 3 aromatic rings. The number of ketones is 1. The van der Waals surface area contributed by atoms with E-state index < -0.39 is 11.2 Å². The first-order chi connectivity index (χ1) is 11.7. The van der Waals surface area contributed by atoms with E-state index in [0.29, 0.717) is 28.0 Å². The summed E-state index contributed by atoms with van der Waals surface area (Å²) in [4.78, 5) is 24.6. The molecule has 2 nitrogen and oxygen atoms in total. The van der Waals surface area contributed by atoms with Crippen LogP contribution in [-0.4, -0.2) is 12.1 Å². The predicted octanol–water partition coefficient (Wildman–Crippen LogP) is 4.44. The van der Waals surface area contributed by atoms with E-state index in [1.54, 1.807) is 18.2 Å². The van der Waals surface area contributed by atoms with Crippen molar-refractivity contribution in [3.05, 3.63) is 107 Å². The number of aldehydes is 1. The number of Topliss-reactive ketones (excluding diaryl/α,β-unsaturated/α-hetero) is 1. The molecule has 0 radical (unpaired) electrons. The molecule has 0 aliphatic rings. The van der Waals surface area contributed by atoms with Gasteiger partial charge >= 0.3 is 0 Å². The highest BCUT2D eigenvalue weighted by atomic mass is 35.5. The lowest BCUT2D eigenvalue weighted by molar-refractivity contribution is -0.131. The number of halogens is 1. The summed E-state index contributed by atoms with van der Waals surface area (Å²) < 4.78 is 0. The molecule has 0 fully saturated rings. The summed E-state index contributed by atoms with van der Waals surface area (Å²) in [6.45, 7) is 0. The van der Waals surface area contributed by atoms with Gasteiger partial charge in [-0.05, 0) is 22.8 Å². The number of rotatable bonds is 5. The number of hydrogen-bond donors (Lipinski definition) is 0. The SMILES string of the molecule is O=CC(=O)C(c1ccccc1)(c1ccccc1)c1ccccc1Cl. The zero-order valence-corrected chi connectivity index (χ0v) is 13.6. The summed E-state index contributed by atoms with van der Waals surface area (Å²) in [5.74, 6) is -0.548. The van der Waals surface area contributed by atoms with Crippen LogP contribution in [0.2, 0.25) is 5.02 Å². The molecular weight excluding hydrogens is 320 g/mol. The Bertz CT molecular complexity index is 818. The maximum absolute atomic E-state index is 13.0. The molecule has 3 heteroatoms. The lowest BCUT2D eigenvalue weighted by atomic mass is 9.67.